The predicted octanol–water partition coefficient (Wildman–Crippen LogP) is 1.27. The van der Waals surface area contributed by atoms with Gasteiger partial charge in [-0.1, -0.05) is 18.9 Å². The second-order valence-electron chi connectivity index (χ2n) is 7.11. The maximum atomic E-state index is 12.8. The fourth-order valence-corrected chi connectivity index (χ4v) is 5.50. The van der Waals surface area contributed by atoms with Crippen LogP contribution in [0.15, 0.2) is 34.1 Å². The Kier molecular flexibility index (Phi) is 6.26. The van der Waals surface area contributed by atoms with E-state index in [1.165, 1.54) is 28.6 Å². The quantitative estimate of drug-likeness (QED) is 0.761. The average Bonchev–Trinajstić information content (AvgIpc) is 2.82. The highest BCUT2D eigenvalue weighted by Gasteiger charge is 2.27. The number of sulfonamides is 2. The first-order chi connectivity index (χ1) is 11.5. The molecule has 0 amide bonds. The number of nitrogens with two attached hydrogens (primary N) is 1. The molecule has 9 heteroatoms. The SMILES string of the molecule is CC(C)(N)CNS(=O)(=O)c1cccc(S(=O)(=O)N2CCCCCC2)c1. The van der Waals surface area contributed by atoms with E-state index in [-0.39, 0.29) is 16.3 Å². The van der Waals surface area contributed by atoms with Gasteiger partial charge >= 0.3 is 0 Å². The van der Waals surface area contributed by atoms with E-state index in [2.05, 4.69) is 4.72 Å². The van der Waals surface area contributed by atoms with E-state index in [1.807, 2.05) is 0 Å². The summed E-state index contributed by atoms with van der Waals surface area (Å²) in [7, 11) is -7.52. The molecule has 1 heterocycles. The van der Waals surface area contributed by atoms with Crippen LogP contribution in [0.2, 0.25) is 0 Å². The minimum Gasteiger partial charge on any atom is -0.324 e. The molecule has 1 fully saturated rings. The van der Waals surface area contributed by atoms with Gasteiger partial charge in [-0.25, -0.2) is 21.6 Å². The van der Waals surface area contributed by atoms with Crippen molar-refractivity contribution < 1.29 is 16.8 Å². The molecule has 0 aromatic heterocycles. The van der Waals surface area contributed by atoms with Gasteiger partial charge in [0.1, 0.15) is 0 Å². The van der Waals surface area contributed by atoms with Gasteiger partial charge in [0, 0.05) is 25.2 Å². The van der Waals surface area contributed by atoms with Crippen molar-refractivity contribution in [3.8, 4) is 0 Å². The highest BCUT2D eigenvalue weighted by molar-refractivity contribution is 7.90. The van der Waals surface area contributed by atoms with Gasteiger partial charge in [0.15, 0.2) is 0 Å². The van der Waals surface area contributed by atoms with E-state index in [4.69, 9.17) is 5.73 Å². The molecule has 0 unspecified atom stereocenters. The van der Waals surface area contributed by atoms with Crippen LogP contribution < -0.4 is 10.5 Å². The van der Waals surface area contributed by atoms with E-state index >= 15 is 0 Å². The molecule has 0 bridgehead atoms. The molecular weight excluding hydrogens is 362 g/mol. The first-order valence-electron chi connectivity index (χ1n) is 8.41. The number of nitrogens with zero attached hydrogens (tertiary/aromatic N) is 1. The minimum absolute atomic E-state index is 0.00397. The molecule has 1 aromatic rings. The Morgan fingerprint density at radius 3 is 2.16 bits per heavy atom. The lowest BCUT2D eigenvalue weighted by Crippen LogP contribution is -2.45. The summed E-state index contributed by atoms with van der Waals surface area (Å²) >= 11 is 0. The number of rotatable bonds is 6. The third-order valence-corrected chi connectivity index (χ3v) is 7.33. The van der Waals surface area contributed by atoms with Gasteiger partial charge in [-0.2, -0.15) is 4.31 Å². The molecule has 2 rings (SSSR count). The highest BCUT2D eigenvalue weighted by atomic mass is 32.2. The van der Waals surface area contributed by atoms with Crippen molar-refractivity contribution in [1.82, 2.24) is 9.03 Å². The molecule has 1 aromatic carbocycles. The lowest BCUT2D eigenvalue weighted by atomic mass is 10.1. The van der Waals surface area contributed by atoms with Crippen LogP contribution in [0.3, 0.4) is 0 Å². The number of nitrogens with one attached hydrogen (secondary N) is 1. The molecule has 0 spiro atoms. The van der Waals surface area contributed by atoms with Gasteiger partial charge in [0.25, 0.3) is 0 Å². The zero-order chi connectivity index (χ0) is 18.7. The zero-order valence-corrected chi connectivity index (χ0v) is 16.4. The lowest BCUT2D eigenvalue weighted by Gasteiger charge is -2.21. The maximum absolute atomic E-state index is 12.8. The standard InChI is InChI=1S/C16H27N3O4S2/c1-16(2,17)13-18-24(20,21)14-8-7-9-15(12-14)25(22,23)19-10-5-3-4-6-11-19/h7-9,12,18H,3-6,10-11,13,17H2,1-2H3. The molecule has 25 heavy (non-hydrogen) atoms. The van der Waals surface area contributed by atoms with Crippen molar-refractivity contribution >= 4 is 20.0 Å². The predicted molar refractivity (Wildman–Crippen MR) is 97.1 cm³/mol. The zero-order valence-electron chi connectivity index (χ0n) is 14.7. The molecule has 1 aliphatic heterocycles. The van der Waals surface area contributed by atoms with Gasteiger partial charge < -0.3 is 5.73 Å². The van der Waals surface area contributed by atoms with E-state index in [0.29, 0.717) is 13.1 Å². The van der Waals surface area contributed by atoms with Crippen LogP contribution in [0, 0.1) is 0 Å². The summed E-state index contributed by atoms with van der Waals surface area (Å²) in [5.74, 6) is 0. The third-order valence-electron chi connectivity index (χ3n) is 4.04. The van der Waals surface area contributed by atoms with Gasteiger partial charge in [-0.3, -0.25) is 0 Å². The summed E-state index contributed by atoms with van der Waals surface area (Å²) in [6, 6.07) is 5.48. The normalized spacial score (nSPS) is 18.0. The Labute approximate surface area is 150 Å². The van der Waals surface area contributed by atoms with Gasteiger partial charge in [0.05, 0.1) is 9.79 Å². The Bertz CT molecular complexity index is 791. The number of hydrogen-bond donors (Lipinski definition) is 2. The number of benzene rings is 1. The highest BCUT2D eigenvalue weighted by Crippen LogP contribution is 2.22. The Morgan fingerprint density at radius 2 is 1.60 bits per heavy atom. The van der Waals surface area contributed by atoms with Gasteiger partial charge in [0.2, 0.25) is 20.0 Å². The number of hydrogen-bond acceptors (Lipinski definition) is 5. The van der Waals surface area contributed by atoms with Crippen LogP contribution in [-0.4, -0.2) is 46.3 Å². The smallest absolute Gasteiger partial charge is 0.243 e. The van der Waals surface area contributed by atoms with Crippen LogP contribution in [0.1, 0.15) is 39.5 Å². The molecule has 1 saturated heterocycles. The van der Waals surface area contributed by atoms with Crippen molar-refractivity contribution in [2.24, 2.45) is 5.73 Å². The van der Waals surface area contributed by atoms with Crippen molar-refractivity contribution in [3.63, 3.8) is 0 Å². The Balaban J connectivity index is 2.28. The second-order valence-corrected chi connectivity index (χ2v) is 10.8. The second kappa shape index (κ2) is 7.71. The molecule has 0 radical (unpaired) electrons. The molecule has 142 valence electrons. The third kappa shape index (κ3) is 5.49. The topological polar surface area (TPSA) is 110 Å². The molecule has 0 atom stereocenters. The molecular formula is C16H27N3O4S2. The Morgan fingerprint density at radius 1 is 1.04 bits per heavy atom. The maximum Gasteiger partial charge on any atom is 0.243 e. The first kappa shape index (κ1) is 20.3. The fraction of sp³-hybridized carbons (Fsp3) is 0.625. The summed E-state index contributed by atoms with van der Waals surface area (Å²) in [6.07, 6.45) is 3.67. The fourth-order valence-electron chi connectivity index (χ4n) is 2.60. The molecule has 0 aliphatic carbocycles. The van der Waals surface area contributed by atoms with Crippen LogP contribution in [0.4, 0.5) is 0 Å². The van der Waals surface area contributed by atoms with Crippen LogP contribution >= 0.6 is 0 Å². The van der Waals surface area contributed by atoms with Crippen LogP contribution in [0.5, 0.6) is 0 Å². The van der Waals surface area contributed by atoms with Crippen molar-refractivity contribution in [1.29, 1.82) is 0 Å². The van der Waals surface area contributed by atoms with Crippen LogP contribution in [-0.2, 0) is 20.0 Å². The molecule has 7 nitrogen and oxygen atoms in total. The van der Waals surface area contributed by atoms with Gasteiger partial charge in [-0.15, -0.1) is 0 Å². The summed E-state index contributed by atoms with van der Waals surface area (Å²) in [5.41, 5.74) is 5.10. The summed E-state index contributed by atoms with van der Waals surface area (Å²) < 4.78 is 54.4. The Hall–Kier alpha value is -1.00. The summed E-state index contributed by atoms with van der Waals surface area (Å²) in [5, 5.41) is 0. The lowest BCUT2D eigenvalue weighted by molar-refractivity contribution is 0.423. The summed E-state index contributed by atoms with van der Waals surface area (Å²) in [6.45, 7) is 4.40. The molecule has 1 aliphatic rings. The first-order valence-corrected chi connectivity index (χ1v) is 11.3. The summed E-state index contributed by atoms with van der Waals surface area (Å²) in [4.78, 5) is -0.0723. The van der Waals surface area contributed by atoms with Crippen molar-refractivity contribution in [2.75, 3.05) is 19.6 Å². The van der Waals surface area contributed by atoms with Crippen molar-refractivity contribution in [3.05, 3.63) is 24.3 Å². The van der Waals surface area contributed by atoms with E-state index < -0.39 is 25.6 Å². The van der Waals surface area contributed by atoms with Crippen molar-refractivity contribution in [2.45, 2.75) is 54.9 Å². The molecule has 0 saturated carbocycles. The minimum atomic E-state index is -3.83. The van der Waals surface area contributed by atoms with E-state index in [1.54, 1.807) is 13.8 Å². The van der Waals surface area contributed by atoms with Crippen LogP contribution in [0.25, 0.3) is 0 Å². The monoisotopic (exact) mass is 389 g/mol. The van der Waals surface area contributed by atoms with E-state index in [9.17, 15) is 16.8 Å². The molecule has 3 N–H and O–H groups in total. The average molecular weight is 390 g/mol. The van der Waals surface area contributed by atoms with Gasteiger partial charge in [-0.05, 0) is 44.9 Å². The van der Waals surface area contributed by atoms with E-state index in [0.717, 1.165) is 25.7 Å². The largest absolute Gasteiger partial charge is 0.324 e.